The van der Waals surface area contributed by atoms with E-state index in [4.69, 9.17) is 31.0 Å². The smallest absolute Gasteiger partial charge is 0.410 e. The maximum atomic E-state index is 12.5. The van der Waals surface area contributed by atoms with E-state index < -0.39 is 5.60 Å². The van der Waals surface area contributed by atoms with Crippen molar-refractivity contribution in [2.45, 2.75) is 39.3 Å². The van der Waals surface area contributed by atoms with Crippen molar-refractivity contribution < 1.29 is 14.3 Å². The van der Waals surface area contributed by atoms with E-state index in [0.717, 1.165) is 51.5 Å². The van der Waals surface area contributed by atoms with E-state index in [-0.39, 0.29) is 6.09 Å². The zero-order valence-corrected chi connectivity index (χ0v) is 22.0. The molecule has 190 valence electrons. The average molecular weight is 510 g/mol. The van der Waals surface area contributed by atoms with Crippen LogP contribution < -0.4 is 14.5 Å². The second-order valence-corrected chi connectivity index (χ2v) is 10.6. The third-order valence-electron chi connectivity index (χ3n) is 6.61. The van der Waals surface area contributed by atoms with Crippen LogP contribution in [0.1, 0.15) is 32.0 Å². The summed E-state index contributed by atoms with van der Waals surface area (Å²) in [6.45, 7) is 9.64. The molecule has 1 saturated heterocycles. The van der Waals surface area contributed by atoms with Crippen LogP contribution >= 0.6 is 11.6 Å². The molecule has 3 heterocycles. The zero-order chi connectivity index (χ0) is 25.4. The molecule has 0 spiro atoms. The molecule has 5 rings (SSSR count). The van der Waals surface area contributed by atoms with Gasteiger partial charge in [0.2, 0.25) is 0 Å². The van der Waals surface area contributed by atoms with Gasteiger partial charge in [-0.05, 0) is 44.7 Å². The summed E-state index contributed by atoms with van der Waals surface area (Å²) in [7, 11) is 1.59. The number of nitrogens with zero attached hydrogens (tertiary/aromatic N) is 5. The summed E-state index contributed by atoms with van der Waals surface area (Å²) in [5, 5.41) is 2.93. The summed E-state index contributed by atoms with van der Waals surface area (Å²) in [4.78, 5) is 28.3. The minimum atomic E-state index is -0.506. The second kappa shape index (κ2) is 9.65. The van der Waals surface area contributed by atoms with Gasteiger partial charge in [0.05, 0.1) is 24.4 Å². The monoisotopic (exact) mass is 509 g/mol. The quantitative estimate of drug-likeness (QED) is 0.496. The Labute approximate surface area is 216 Å². The Bertz CT molecular complexity index is 1280. The van der Waals surface area contributed by atoms with E-state index in [1.165, 1.54) is 0 Å². The number of hydrogen-bond acceptors (Lipinski definition) is 7. The van der Waals surface area contributed by atoms with Crippen molar-refractivity contribution in [3.8, 4) is 6.01 Å². The number of aromatic nitrogens is 2. The third kappa shape index (κ3) is 4.87. The summed E-state index contributed by atoms with van der Waals surface area (Å²) < 4.78 is 11.0. The summed E-state index contributed by atoms with van der Waals surface area (Å²) >= 11 is 6.61. The number of fused-ring (bicyclic) bond motifs is 2. The van der Waals surface area contributed by atoms with Gasteiger partial charge in [-0.25, -0.2) is 4.79 Å². The first kappa shape index (κ1) is 24.4. The van der Waals surface area contributed by atoms with Gasteiger partial charge < -0.3 is 24.2 Å². The Kier molecular flexibility index (Phi) is 6.55. The number of rotatable bonds is 3. The predicted molar refractivity (Wildman–Crippen MR) is 142 cm³/mol. The first-order valence-corrected chi connectivity index (χ1v) is 12.7. The van der Waals surface area contributed by atoms with E-state index in [2.05, 4.69) is 34.1 Å². The molecule has 8 nitrogen and oxygen atoms in total. The molecule has 0 radical (unpaired) electrons. The normalized spacial score (nSPS) is 16.2. The first-order chi connectivity index (χ1) is 17.2. The van der Waals surface area contributed by atoms with Gasteiger partial charge in [-0.3, -0.25) is 0 Å². The fraction of sp³-hybridized carbons (Fsp3) is 0.444. The highest BCUT2D eigenvalue weighted by atomic mass is 35.5. The Hall–Kier alpha value is -3.26. The van der Waals surface area contributed by atoms with Crippen LogP contribution in [0.5, 0.6) is 6.01 Å². The number of halogens is 1. The van der Waals surface area contributed by atoms with Crippen LogP contribution in [-0.4, -0.2) is 66.4 Å². The van der Waals surface area contributed by atoms with Crippen LogP contribution in [0.25, 0.3) is 10.8 Å². The molecule has 3 aromatic rings. The average Bonchev–Trinajstić information content (AvgIpc) is 2.86. The molecule has 1 aromatic heterocycles. The van der Waals surface area contributed by atoms with Crippen molar-refractivity contribution >= 4 is 40.0 Å². The zero-order valence-electron chi connectivity index (χ0n) is 21.3. The van der Waals surface area contributed by atoms with E-state index in [0.29, 0.717) is 38.7 Å². The van der Waals surface area contributed by atoms with E-state index in [9.17, 15) is 4.79 Å². The highest BCUT2D eigenvalue weighted by Gasteiger charge is 2.30. The molecule has 0 unspecified atom stereocenters. The van der Waals surface area contributed by atoms with Crippen LogP contribution in [0.3, 0.4) is 0 Å². The minimum Gasteiger partial charge on any atom is -0.467 e. The van der Waals surface area contributed by atoms with Gasteiger partial charge in [-0.15, -0.1) is 0 Å². The van der Waals surface area contributed by atoms with Crippen molar-refractivity contribution in [2.24, 2.45) is 0 Å². The number of anilines is 2. The number of methoxy groups -OCH3 is 1. The summed E-state index contributed by atoms with van der Waals surface area (Å²) in [5.41, 5.74) is 2.70. The van der Waals surface area contributed by atoms with Crippen molar-refractivity contribution in [1.82, 2.24) is 14.9 Å². The van der Waals surface area contributed by atoms with Crippen LogP contribution in [-0.2, 0) is 17.7 Å². The lowest BCUT2D eigenvalue weighted by molar-refractivity contribution is 0.0240. The van der Waals surface area contributed by atoms with Gasteiger partial charge in [0, 0.05) is 49.4 Å². The summed E-state index contributed by atoms with van der Waals surface area (Å²) in [5.74, 6) is 0.899. The van der Waals surface area contributed by atoms with E-state index in [1.807, 2.05) is 32.9 Å². The van der Waals surface area contributed by atoms with Crippen LogP contribution in [0.4, 0.5) is 16.3 Å². The van der Waals surface area contributed by atoms with Crippen LogP contribution in [0.15, 0.2) is 36.4 Å². The Morgan fingerprint density at radius 3 is 2.39 bits per heavy atom. The summed E-state index contributed by atoms with van der Waals surface area (Å²) in [6, 6.07) is 12.6. The molecule has 2 aliphatic heterocycles. The lowest BCUT2D eigenvalue weighted by Gasteiger charge is -2.38. The van der Waals surface area contributed by atoms with Gasteiger partial charge in [-0.1, -0.05) is 35.9 Å². The molecule has 2 aromatic carbocycles. The predicted octanol–water partition coefficient (Wildman–Crippen LogP) is 4.91. The number of amides is 1. The first-order valence-electron chi connectivity index (χ1n) is 12.3. The molecular formula is C27H32ClN5O3. The van der Waals surface area contributed by atoms with Crippen molar-refractivity contribution in [1.29, 1.82) is 0 Å². The van der Waals surface area contributed by atoms with Gasteiger partial charge >= 0.3 is 12.1 Å². The number of carbonyl (C=O) groups is 1. The highest BCUT2D eigenvalue weighted by Crippen LogP contribution is 2.37. The molecule has 0 bridgehead atoms. The van der Waals surface area contributed by atoms with Gasteiger partial charge in [0.25, 0.3) is 0 Å². The van der Waals surface area contributed by atoms with Gasteiger partial charge in [0.1, 0.15) is 11.4 Å². The molecule has 0 saturated carbocycles. The fourth-order valence-electron chi connectivity index (χ4n) is 4.91. The standard InChI is InChI=1S/C27H32ClN5O3/c1-27(2,3)36-26(34)32-15-13-31(14-16-32)24-19-11-12-33(17-21(19)29-25(30-24)35-4)22-10-6-8-18-7-5-9-20(28)23(18)22/h5-10H,11-17H2,1-4H3. The second-order valence-electron chi connectivity index (χ2n) is 10.2. The SMILES string of the molecule is COc1nc2c(c(N3CCN(C(=O)OC(C)(C)C)CC3)n1)CCN(c1cccc3cccc(Cl)c13)C2. The third-order valence-corrected chi connectivity index (χ3v) is 6.92. The Morgan fingerprint density at radius 1 is 0.972 bits per heavy atom. The molecule has 0 aliphatic carbocycles. The number of hydrogen-bond donors (Lipinski definition) is 0. The number of benzene rings is 2. The number of ether oxygens (including phenoxy) is 2. The summed E-state index contributed by atoms with van der Waals surface area (Å²) in [6.07, 6.45) is 0.538. The Balaban J connectivity index is 1.39. The van der Waals surface area contributed by atoms with Gasteiger partial charge in [-0.2, -0.15) is 9.97 Å². The number of piperazine rings is 1. The minimum absolute atomic E-state index is 0.270. The van der Waals surface area contributed by atoms with Crippen molar-refractivity contribution in [3.05, 3.63) is 52.7 Å². The highest BCUT2D eigenvalue weighted by molar-refractivity contribution is 6.36. The van der Waals surface area contributed by atoms with E-state index >= 15 is 0 Å². The maximum Gasteiger partial charge on any atom is 0.410 e. The topological polar surface area (TPSA) is 71.0 Å². The maximum absolute atomic E-state index is 12.5. The van der Waals surface area contributed by atoms with Crippen LogP contribution in [0.2, 0.25) is 5.02 Å². The molecule has 0 N–H and O–H groups in total. The molecule has 2 aliphatic rings. The van der Waals surface area contributed by atoms with E-state index in [1.54, 1.807) is 12.0 Å². The lowest BCUT2D eigenvalue weighted by atomic mass is 10.0. The largest absolute Gasteiger partial charge is 0.467 e. The molecule has 1 amide bonds. The van der Waals surface area contributed by atoms with Crippen molar-refractivity contribution in [2.75, 3.05) is 49.6 Å². The molecule has 9 heteroatoms. The van der Waals surface area contributed by atoms with Gasteiger partial charge in [0.15, 0.2) is 0 Å². The molecule has 36 heavy (non-hydrogen) atoms. The van der Waals surface area contributed by atoms with Crippen molar-refractivity contribution in [3.63, 3.8) is 0 Å². The fourth-order valence-corrected chi connectivity index (χ4v) is 5.19. The van der Waals surface area contributed by atoms with Crippen LogP contribution in [0, 0.1) is 0 Å². The molecule has 1 fully saturated rings. The Morgan fingerprint density at radius 2 is 1.69 bits per heavy atom. The molecule has 0 atom stereocenters. The molecular weight excluding hydrogens is 478 g/mol. The number of carbonyl (C=O) groups excluding carboxylic acids is 1. The lowest BCUT2D eigenvalue weighted by Crippen LogP contribution is -2.50.